The molecule has 0 bridgehead atoms. The molecule has 0 fully saturated rings. The molecular weight excluding hydrogens is 452 g/mol. The Kier molecular flexibility index (Phi) is 6.41. The van der Waals surface area contributed by atoms with E-state index in [4.69, 9.17) is 0 Å². The van der Waals surface area contributed by atoms with E-state index in [0.717, 1.165) is 32.8 Å². The smallest absolute Gasteiger partial charge is 0.326 e. The van der Waals surface area contributed by atoms with Crippen molar-refractivity contribution in [1.82, 2.24) is 9.88 Å². The normalized spacial score (nSPS) is 12.0. The van der Waals surface area contributed by atoms with Crippen LogP contribution < -0.4 is 0 Å². The van der Waals surface area contributed by atoms with Gasteiger partial charge >= 0.3 is 5.97 Å². The van der Waals surface area contributed by atoms with Gasteiger partial charge in [0.05, 0.1) is 0 Å². The number of fused-ring (bicyclic) bond motifs is 2. The minimum atomic E-state index is -1.07. The molecule has 5 rings (SSSR count). The van der Waals surface area contributed by atoms with Gasteiger partial charge in [0.25, 0.3) is 5.91 Å². The number of carboxylic acid groups (broad SMARTS) is 1. The maximum atomic E-state index is 13.8. The summed E-state index contributed by atoms with van der Waals surface area (Å²) in [6.07, 6.45) is 2.55. The number of amides is 1. The van der Waals surface area contributed by atoms with Crippen molar-refractivity contribution < 1.29 is 19.8 Å². The lowest BCUT2D eigenvalue weighted by Gasteiger charge is -2.29. The highest BCUT2D eigenvalue weighted by Gasteiger charge is 2.31. The number of H-pyrrole nitrogens is 1. The molecule has 0 aliphatic heterocycles. The molecule has 0 spiro atoms. The van der Waals surface area contributed by atoms with E-state index < -0.39 is 12.0 Å². The largest absolute Gasteiger partial charge is 0.508 e. The molecule has 0 unspecified atom stereocenters. The molecule has 5 aromatic rings. The molecule has 0 saturated heterocycles. The van der Waals surface area contributed by atoms with Crippen LogP contribution in [0.3, 0.4) is 0 Å². The number of carbonyl (C=O) groups is 2. The zero-order valence-corrected chi connectivity index (χ0v) is 19.6. The number of aromatic hydroxyl groups is 1. The third-order valence-corrected chi connectivity index (χ3v) is 6.58. The van der Waals surface area contributed by atoms with E-state index in [-0.39, 0.29) is 24.6 Å². The van der Waals surface area contributed by atoms with Gasteiger partial charge in [-0.1, -0.05) is 60.7 Å². The van der Waals surface area contributed by atoms with Crippen LogP contribution in [-0.2, 0) is 17.6 Å². The fourth-order valence-electron chi connectivity index (χ4n) is 4.65. The van der Waals surface area contributed by atoms with Gasteiger partial charge in [-0.15, -0.1) is 0 Å². The Hall–Kier alpha value is -4.58. The number of carboxylic acids is 1. The van der Waals surface area contributed by atoms with Crippen LogP contribution in [0.4, 0.5) is 0 Å². The van der Waals surface area contributed by atoms with Crippen LogP contribution in [0.1, 0.15) is 21.5 Å². The summed E-state index contributed by atoms with van der Waals surface area (Å²) >= 11 is 0. The molecule has 0 radical (unpaired) electrons. The number of benzene rings is 4. The summed E-state index contributed by atoms with van der Waals surface area (Å²) in [5, 5.41) is 22.8. The maximum absolute atomic E-state index is 13.8. The first-order valence-electron chi connectivity index (χ1n) is 11.8. The molecule has 180 valence electrons. The molecule has 1 amide bonds. The summed E-state index contributed by atoms with van der Waals surface area (Å²) < 4.78 is 0. The monoisotopic (exact) mass is 478 g/mol. The molecule has 0 aliphatic rings. The predicted octanol–water partition coefficient (Wildman–Crippen LogP) is 5.41. The van der Waals surface area contributed by atoms with Gasteiger partial charge in [0.15, 0.2) is 0 Å². The van der Waals surface area contributed by atoms with Crippen LogP contribution in [0.5, 0.6) is 5.75 Å². The second-order valence-electron chi connectivity index (χ2n) is 8.89. The summed E-state index contributed by atoms with van der Waals surface area (Å²) in [5.74, 6) is -1.29. The van der Waals surface area contributed by atoms with Crippen molar-refractivity contribution in [1.29, 1.82) is 0 Å². The minimum Gasteiger partial charge on any atom is -0.508 e. The number of aliphatic carboxylic acids is 1. The molecule has 1 heterocycles. The Morgan fingerprint density at radius 2 is 1.58 bits per heavy atom. The molecular formula is C30H26N2O4. The summed E-state index contributed by atoms with van der Waals surface area (Å²) in [6.45, 7) is 0.239. The first-order valence-corrected chi connectivity index (χ1v) is 11.8. The van der Waals surface area contributed by atoms with Crippen molar-refractivity contribution >= 4 is 33.6 Å². The first-order chi connectivity index (χ1) is 17.5. The van der Waals surface area contributed by atoms with Crippen LogP contribution in [0, 0.1) is 0 Å². The Balaban J connectivity index is 1.49. The molecule has 1 atom stereocenters. The van der Waals surface area contributed by atoms with Crippen molar-refractivity contribution in [2.24, 2.45) is 0 Å². The summed E-state index contributed by atoms with van der Waals surface area (Å²) in [6, 6.07) is 26.5. The van der Waals surface area contributed by atoms with Crippen molar-refractivity contribution in [3.05, 3.63) is 114 Å². The fourth-order valence-corrected chi connectivity index (χ4v) is 4.65. The Bertz CT molecular complexity index is 1540. The van der Waals surface area contributed by atoms with Gasteiger partial charge in [-0.2, -0.15) is 0 Å². The van der Waals surface area contributed by atoms with E-state index in [0.29, 0.717) is 12.0 Å². The Morgan fingerprint density at radius 1 is 0.861 bits per heavy atom. The molecule has 0 saturated carbocycles. The topological polar surface area (TPSA) is 93.6 Å². The predicted molar refractivity (Wildman–Crippen MR) is 140 cm³/mol. The molecule has 36 heavy (non-hydrogen) atoms. The third-order valence-electron chi connectivity index (χ3n) is 6.58. The number of phenolic OH excluding ortho intramolecular Hbond substituents is 1. The number of aromatic nitrogens is 1. The highest BCUT2D eigenvalue weighted by molar-refractivity contribution is 6.00. The number of nitrogens with one attached hydrogen (secondary N) is 1. The number of hydrogen-bond donors (Lipinski definition) is 3. The van der Waals surface area contributed by atoms with Crippen LogP contribution in [0.15, 0.2) is 97.2 Å². The lowest BCUT2D eigenvalue weighted by Crippen LogP contribution is -2.47. The van der Waals surface area contributed by atoms with E-state index >= 15 is 0 Å². The van der Waals surface area contributed by atoms with Gasteiger partial charge in [0.1, 0.15) is 11.8 Å². The zero-order valence-electron chi connectivity index (χ0n) is 19.6. The second kappa shape index (κ2) is 9.96. The summed E-state index contributed by atoms with van der Waals surface area (Å²) in [5.41, 5.74) is 3.20. The molecule has 6 nitrogen and oxygen atoms in total. The van der Waals surface area contributed by atoms with Crippen LogP contribution in [0.25, 0.3) is 21.7 Å². The van der Waals surface area contributed by atoms with Gasteiger partial charge in [0.2, 0.25) is 0 Å². The number of rotatable bonds is 8. The van der Waals surface area contributed by atoms with E-state index in [1.54, 1.807) is 18.2 Å². The molecule has 6 heteroatoms. The lowest BCUT2D eigenvalue weighted by molar-refractivity contribution is -0.142. The fraction of sp³-hybridized carbons (Fsp3) is 0.133. The van der Waals surface area contributed by atoms with E-state index in [1.807, 2.05) is 66.9 Å². The van der Waals surface area contributed by atoms with Gasteiger partial charge in [-0.3, -0.25) is 4.79 Å². The lowest BCUT2D eigenvalue weighted by atomic mass is 10.0. The molecule has 4 aromatic carbocycles. The number of carbonyl (C=O) groups excluding carboxylic acids is 1. The molecule has 0 aliphatic carbocycles. The number of phenols is 1. The number of aromatic amines is 1. The minimum absolute atomic E-state index is 0.106. The van der Waals surface area contributed by atoms with E-state index in [1.165, 1.54) is 17.0 Å². The quantitative estimate of drug-likeness (QED) is 0.278. The van der Waals surface area contributed by atoms with Crippen molar-refractivity contribution in [3.8, 4) is 5.75 Å². The Morgan fingerprint density at radius 3 is 2.36 bits per heavy atom. The van der Waals surface area contributed by atoms with Crippen molar-refractivity contribution in [3.63, 3.8) is 0 Å². The van der Waals surface area contributed by atoms with Crippen molar-refractivity contribution in [2.45, 2.75) is 18.9 Å². The second-order valence-corrected chi connectivity index (χ2v) is 8.89. The van der Waals surface area contributed by atoms with Crippen LogP contribution in [-0.4, -0.2) is 44.6 Å². The van der Waals surface area contributed by atoms with Gasteiger partial charge in [-0.05, 0) is 58.7 Å². The summed E-state index contributed by atoms with van der Waals surface area (Å²) in [7, 11) is 0. The highest BCUT2D eigenvalue weighted by Crippen LogP contribution is 2.23. The average molecular weight is 479 g/mol. The van der Waals surface area contributed by atoms with Gasteiger partial charge in [0, 0.05) is 35.6 Å². The highest BCUT2D eigenvalue weighted by atomic mass is 16.4. The van der Waals surface area contributed by atoms with Crippen LogP contribution in [0.2, 0.25) is 0 Å². The van der Waals surface area contributed by atoms with E-state index in [2.05, 4.69) is 4.98 Å². The average Bonchev–Trinajstić information content (AvgIpc) is 3.31. The molecule has 1 aromatic heterocycles. The summed E-state index contributed by atoms with van der Waals surface area (Å²) in [4.78, 5) is 31.0. The van der Waals surface area contributed by atoms with Crippen LogP contribution >= 0.6 is 0 Å². The standard InChI is InChI=1S/C30H26N2O4/c33-25-13-9-20(10-14-25)17-28(30(35)36)32(16-15-24-19-31-27-8-4-3-7-26(24)27)29(34)23-12-11-21-5-1-2-6-22(21)18-23/h1-14,18-19,28,31,33H,15-17H2,(H,35,36)/t28-/m0/s1. The van der Waals surface area contributed by atoms with E-state index in [9.17, 15) is 19.8 Å². The number of hydrogen-bond acceptors (Lipinski definition) is 3. The SMILES string of the molecule is O=C(O)[C@H](Cc1ccc(O)cc1)N(CCc1c[nH]c2ccccc12)C(=O)c1ccc2ccccc2c1. The number of nitrogens with zero attached hydrogens (tertiary/aromatic N) is 1. The molecule has 3 N–H and O–H groups in total. The third kappa shape index (κ3) is 4.79. The first kappa shape index (κ1) is 23.2. The van der Waals surface area contributed by atoms with Gasteiger partial charge in [-0.25, -0.2) is 4.79 Å². The Labute approximate surface area is 208 Å². The maximum Gasteiger partial charge on any atom is 0.326 e. The van der Waals surface area contributed by atoms with Crippen molar-refractivity contribution in [2.75, 3.05) is 6.54 Å². The zero-order chi connectivity index (χ0) is 25.1. The van der Waals surface area contributed by atoms with Gasteiger partial charge < -0.3 is 20.1 Å². The number of para-hydroxylation sites is 1.